The van der Waals surface area contributed by atoms with Crippen molar-refractivity contribution in [1.82, 2.24) is 10.3 Å². The van der Waals surface area contributed by atoms with Crippen molar-refractivity contribution in [3.63, 3.8) is 0 Å². The molecule has 1 fully saturated rings. The number of hydrogen-bond acceptors (Lipinski definition) is 4. The van der Waals surface area contributed by atoms with Crippen LogP contribution in [0.2, 0.25) is 0 Å². The van der Waals surface area contributed by atoms with E-state index in [4.69, 9.17) is 5.73 Å². The van der Waals surface area contributed by atoms with Crippen molar-refractivity contribution < 1.29 is 9.59 Å². The van der Waals surface area contributed by atoms with Gasteiger partial charge in [-0.2, -0.15) is 0 Å². The lowest BCUT2D eigenvalue weighted by molar-refractivity contribution is -0.118. The van der Waals surface area contributed by atoms with Crippen LogP contribution in [0.15, 0.2) is 48.7 Å². The van der Waals surface area contributed by atoms with E-state index in [0.29, 0.717) is 18.7 Å². The highest BCUT2D eigenvalue weighted by Crippen LogP contribution is 2.25. The highest BCUT2D eigenvalue weighted by atomic mass is 16.2. The molecule has 136 valence electrons. The molecule has 0 spiro atoms. The molecule has 1 aliphatic heterocycles. The van der Waals surface area contributed by atoms with Crippen molar-refractivity contribution in [1.29, 1.82) is 0 Å². The molecule has 1 aliphatic rings. The lowest BCUT2D eigenvalue weighted by atomic mass is 9.94. The molecular formula is C20H24N4O2. The quantitative estimate of drug-likeness (QED) is 0.833. The number of piperidine rings is 1. The standard InChI is InChI=1S/C20H24N4O2/c21-19(25)11-16-7-4-10-24(14-16)17-8-9-22-18(12-17)20(26)23-13-15-5-2-1-3-6-15/h1-3,5-6,8-9,12,16H,4,7,10-11,13-14H2,(H2,21,25)(H,23,26). The molecule has 0 radical (unpaired) electrons. The van der Waals surface area contributed by atoms with Crippen LogP contribution in [0.1, 0.15) is 35.3 Å². The van der Waals surface area contributed by atoms with E-state index in [1.165, 1.54) is 0 Å². The van der Waals surface area contributed by atoms with Crippen LogP contribution < -0.4 is 16.0 Å². The van der Waals surface area contributed by atoms with Gasteiger partial charge in [0.05, 0.1) is 0 Å². The summed E-state index contributed by atoms with van der Waals surface area (Å²) in [6.45, 7) is 2.15. The van der Waals surface area contributed by atoms with Crippen molar-refractivity contribution >= 4 is 17.5 Å². The molecule has 0 bridgehead atoms. The number of nitrogens with zero attached hydrogens (tertiary/aromatic N) is 2. The summed E-state index contributed by atoms with van der Waals surface area (Å²) in [6, 6.07) is 13.5. The third kappa shape index (κ3) is 4.81. The molecule has 1 atom stereocenters. The number of aromatic nitrogens is 1. The molecule has 0 saturated carbocycles. The minimum Gasteiger partial charge on any atom is -0.371 e. The van der Waals surface area contributed by atoms with Crippen molar-refractivity contribution in [3.8, 4) is 0 Å². The molecular weight excluding hydrogens is 328 g/mol. The largest absolute Gasteiger partial charge is 0.371 e. The number of benzene rings is 1. The number of nitrogens with one attached hydrogen (secondary N) is 1. The van der Waals surface area contributed by atoms with Gasteiger partial charge in [0.1, 0.15) is 5.69 Å². The molecule has 1 aromatic carbocycles. The van der Waals surface area contributed by atoms with Gasteiger partial charge in [-0.05, 0) is 36.5 Å². The maximum Gasteiger partial charge on any atom is 0.270 e. The van der Waals surface area contributed by atoms with Gasteiger partial charge in [0.15, 0.2) is 0 Å². The van der Waals surface area contributed by atoms with Gasteiger partial charge < -0.3 is 16.0 Å². The first kappa shape index (κ1) is 17.9. The van der Waals surface area contributed by atoms with E-state index in [9.17, 15) is 9.59 Å². The Hall–Kier alpha value is -2.89. The Kier molecular flexibility index (Phi) is 5.84. The van der Waals surface area contributed by atoms with Gasteiger partial charge in [-0.15, -0.1) is 0 Å². The lowest BCUT2D eigenvalue weighted by Crippen LogP contribution is -2.37. The van der Waals surface area contributed by atoms with Crippen molar-refractivity contribution in [2.75, 3.05) is 18.0 Å². The molecule has 1 unspecified atom stereocenters. The van der Waals surface area contributed by atoms with E-state index >= 15 is 0 Å². The van der Waals surface area contributed by atoms with Crippen molar-refractivity contribution in [2.24, 2.45) is 11.7 Å². The maximum absolute atomic E-state index is 12.4. The van der Waals surface area contributed by atoms with Crippen LogP contribution in [0.3, 0.4) is 0 Å². The Morgan fingerprint density at radius 2 is 2.04 bits per heavy atom. The summed E-state index contributed by atoms with van der Waals surface area (Å²) >= 11 is 0. The van der Waals surface area contributed by atoms with Gasteiger partial charge in [0.25, 0.3) is 5.91 Å². The lowest BCUT2D eigenvalue weighted by Gasteiger charge is -2.34. The van der Waals surface area contributed by atoms with Gasteiger partial charge >= 0.3 is 0 Å². The molecule has 26 heavy (non-hydrogen) atoms. The first-order valence-electron chi connectivity index (χ1n) is 8.93. The van der Waals surface area contributed by atoms with E-state index in [0.717, 1.165) is 37.2 Å². The third-order valence-electron chi connectivity index (χ3n) is 4.65. The number of pyridine rings is 1. The second-order valence-corrected chi connectivity index (χ2v) is 6.69. The van der Waals surface area contributed by atoms with E-state index in [1.54, 1.807) is 6.20 Å². The molecule has 2 amide bonds. The first-order chi connectivity index (χ1) is 12.6. The maximum atomic E-state index is 12.4. The second-order valence-electron chi connectivity index (χ2n) is 6.69. The van der Waals surface area contributed by atoms with E-state index in [1.807, 2.05) is 42.5 Å². The zero-order valence-electron chi connectivity index (χ0n) is 14.7. The SMILES string of the molecule is NC(=O)CC1CCCN(c2ccnc(C(=O)NCc3ccccc3)c2)C1. The summed E-state index contributed by atoms with van der Waals surface area (Å²) in [5, 5.41) is 2.90. The molecule has 1 aromatic heterocycles. The number of nitrogens with two attached hydrogens (primary N) is 1. The van der Waals surface area contributed by atoms with Crippen LogP contribution in [0.4, 0.5) is 5.69 Å². The fourth-order valence-electron chi connectivity index (χ4n) is 3.36. The Morgan fingerprint density at radius 3 is 2.81 bits per heavy atom. The fourth-order valence-corrected chi connectivity index (χ4v) is 3.36. The van der Waals surface area contributed by atoms with Gasteiger partial charge in [-0.3, -0.25) is 14.6 Å². The fraction of sp³-hybridized carbons (Fsp3) is 0.350. The number of rotatable bonds is 6. The second kappa shape index (κ2) is 8.47. The number of carbonyl (C=O) groups excluding carboxylic acids is 2. The summed E-state index contributed by atoms with van der Waals surface area (Å²) in [7, 11) is 0. The topological polar surface area (TPSA) is 88.3 Å². The zero-order valence-corrected chi connectivity index (χ0v) is 14.7. The molecule has 6 heteroatoms. The van der Waals surface area contributed by atoms with E-state index in [-0.39, 0.29) is 17.7 Å². The van der Waals surface area contributed by atoms with Gasteiger partial charge in [-0.25, -0.2) is 0 Å². The zero-order chi connectivity index (χ0) is 18.4. The van der Waals surface area contributed by atoms with E-state index < -0.39 is 0 Å². The summed E-state index contributed by atoms with van der Waals surface area (Å²) in [5.41, 5.74) is 7.73. The van der Waals surface area contributed by atoms with Crippen molar-refractivity contribution in [3.05, 3.63) is 59.9 Å². The monoisotopic (exact) mass is 352 g/mol. The van der Waals surface area contributed by atoms with Crippen LogP contribution >= 0.6 is 0 Å². The number of carbonyl (C=O) groups is 2. The minimum absolute atomic E-state index is 0.193. The van der Waals surface area contributed by atoms with Crippen LogP contribution in [0, 0.1) is 5.92 Å². The summed E-state index contributed by atoms with van der Waals surface area (Å²) in [5.74, 6) is -0.182. The Bertz CT molecular complexity index is 763. The number of hydrogen-bond donors (Lipinski definition) is 2. The van der Waals surface area contributed by atoms with Gasteiger partial charge in [0, 0.05) is 37.9 Å². The molecule has 0 aliphatic carbocycles. The smallest absolute Gasteiger partial charge is 0.270 e. The number of primary amides is 1. The summed E-state index contributed by atoms with van der Waals surface area (Å²) in [4.78, 5) is 30.0. The normalized spacial score (nSPS) is 16.9. The van der Waals surface area contributed by atoms with Crippen LogP contribution in [0.25, 0.3) is 0 Å². The molecule has 6 nitrogen and oxygen atoms in total. The Labute approximate surface area is 153 Å². The predicted octanol–water partition coefficient (Wildman–Crippen LogP) is 2.10. The predicted molar refractivity (Wildman–Crippen MR) is 101 cm³/mol. The average molecular weight is 352 g/mol. The first-order valence-corrected chi connectivity index (χ1v) is 8.93. The minimum atomic E-state index is -0.257. The van der Waals surface area contributed by atoms with Crippen molar-refractivity contribution in [2.45, 2.75) is 25.8 Å². The Balaban J connectivity index is 1.63. The van der Waals surface area contributed by atoms with Crippen LogP contribution in [-0.4, -0.2) is 29.9 Å². The highest BCUT2D eigenvalue weighted by Gasteiger charge is 2.22. The average Bonchev–Trinajstić information content (AvgIpc) is 2.67. The molecule has 3 N–H and O–H groups in total. The molecule has 1 saturated heterocycles. The van der Waals surface area contributed by atoms with Gasteiger partial charge in [0.2, 0.25) is 5.91 Å². The summed E-state index contributed by atoms with van der Waals surface area (Å²) in [6.07, 6.45) is 4.08. The Morgan fingerprint density at radius 1 is 1.23 bits per heavy atom. The van der Waals surface area contributed by atoms with Crippen LogP contribution in [-0.2, 0) is 11.3 Å². The number of anilines is 1. The van der Waals surface area contributed by atoms with Crippen LogP contribution in [0.5, 0.6) is 0 Å². The molecule has 2 heterocycles. The number of amides is 2. The van der Waals surface area contributed by atoms with Gasteiger partial charge in [-0.1, -0.05) is 30.3 Å². The summed E-state index contributed by atoms with van der Waals surface area (Å²) < 4.78 is 0. The molecule has 3 rings (SSSR count). The van der Waals surface area contributed by atoms with E-state index in [2.05, 4.69) is 15.2 Å². The highest BCUT2D eigenvalue weighted by molar-refractivity contribution is 5.93. The third-order valence-corrected chi connectivity index (χ3v) is 4.65. The molecule has 2 aromatic rings.